The Morgan fingerprint density at radius 3 is 2.45 bits per heavy atom. The first-order valence-corrected chi connectivity index (χ1v) is 6.67. The number of hydrogen-bond donors (Lipinski definition) is 2. The van der Waals surface area contributed by atoms with Crippen molar-refractivity contribution in [2.45, 2.75) is 19.8 Å². The lowest BCUT2D eigenvalue weighted by molar-refractivity contribution is -0.133. The second-order valence-electron chi connectivity index (χ2n) is 5.33. The van der Waals surface area contributed by atoms with Gasteiger partial charge in [-0.1, -0.05) is 0 Å². The van der Waals surface area contributed by atoms with Crippen molar-refractivity contribution in [2.75, 3.05) is 46.9 Å². The Balaban J connectivity index is 0.00000361. The molecule has 0 bridgehead atoms. The molecule has 6 nitrogen and oxygen atoms in total. The van der Waals surface area contributed by atoms with Crippen LogP contribution < -0.4 is 10.6 Å². The number of hydrogen-bond acceptors (Lipinski definition) is 4. The number of piperidine rings is 1. The minimum absolute atomic E-state index is 0. The largest absolute Gasteiger partial charge is 0.384 e. The number of halogens is 1. The molecule has 1 aliphatic heterocycles. The van der Waals surface area contributed by atoms with Crippen molar-refractivity contribution in [1.82, 2.24) is 15.5 Å². The van der Waals surface area contributed by atoms with Crippen LogP contribution in [-0.2, 0) is 14.3 Å². The first-order chi connectivity index (χ1) is 8.99. The van der Waals surface area contributed by atoms with Gasteiger partial charge in [-0.3, -0.25) is 9.59 Å². The first kappa shape index (κ1) is 19.1. The average molecular weight is 308 g/mol. The van der Waals surface area contributed by atoms with Gasteiger partial charge < -0.3 is 20.3 Å². The molecule has 1 aliphatic rings. The number of methoxy groups -OCH3 is 1. The van der Waals surface area contributed by atoms with Gasteiger partial charge in [0.25, 0.3) is 0 Å². The van der Waals surface area contributed by atoms with E-state index >= 15 is 0 Å². The zero-order chi connectivity index (χ0) is 14.3. The molecule has 0 saturated carbocycles. The molecule has 20 heavy (non-hydrogen) atoms. The van der Waals surface area contributed by atoms with Gasteiger partial charge in [-0.25, -0.2) is 0 Å². The highest BCUT2D eigenvalue weighted by molar-refractivity contribution is 5.85. The summed E-state index contributed by atoms with van der Waals surface area (Å²) in [6.07, 6.45) is 1.98. The monoisotopic (exact) mass is 307 g/mol. The highest BCUT2D eigenvalue weighted by Gasteiger charge is 2.32. The molecule has 1 rings (SSSR count). The topological polar surface area (TPSA) is 70.7 Å². The fourth-order valence-corrected chi connectivity index (χ4v) is 2.30. The molecular weight excluding hydrogens is 282 g/mol. The summed E-state index contributed by atoms with van der Waals surface area (Å²) in [5.41, 5.74) is 0.0183. The summed E-state index contributed by atoms with van der Waals surface area (Å²) >= 11 is 0. The van der Waals surface area contributed by atoms with E-state index in [9.17, 15) is 9.59 Å². The van der Waals surface area contributed by atoms with E-state index in [1.807, 2.05) is 0 Å². The van der Waals surface area contributed by atoms with Crippen LogP contribution in [0.1, 0.15) is 19.8 Å². The fraction of sp³-hybridized carbons (Fsp3) is 0.846. The number of likely N-dealkylation sites (N-methyl/N-ethyl adjacent to an activating group) is 1. The number of rotatable bonds is 6. The molecule has 0 aromatic rings. The smallest absolute Gasteiger partial charge is 0.239 e. The van der Waals surface area contributed by atoms with Crippen LogP contribution in [0.15, 0.2) is 0 Å². The molecule has 0 aromatic carbocycles. The summed E-state index contributed by atoms with van der Waals surface area (Å²) in [6.45, 7) is 4.72. The van der Waals surface area contributed by atoms with Crippen molar-refractivity contribution in [3.8, 4) is 0 Å². The number of nitrogens with zero attached hydrogens (tertiary/aromatic N) is 1. The fourth-order valence-electron chi connectivity index (χ4n) is 2.30. The Labute approximate surface area is 127 Å². The van der Waals surface area contributed by atoms with Gasteiger partial charge >= 0.3 is 0 Å². The van der Waals surface area contributed by atoms with Gasteiger partial charge in [0.05, 0.1) is 13.2 Å². The van der Waals surface area contributed by atoms with E-state index in [-0.39, 0.29) is 36.2 Å². The van der Waals surface area contributed by atoms with Crippen LogP contribution in [0.2, 0.25) is 0 Å². The molecular formula is C13H26ClN3O3. The lowest BCUT2D eigenvalue weighted by Crippen LogP contribution is -2.48. The molecule has 0 spiro atoms. The van der Waals surface area contributed by atoms with Crippen molar-refractivity contribution < 1.29 is 14.3 Å². The number of carbonyl (C=O) groups is 2. The molecule has 1 fully saturated rings. The van der Waals surface area contributed by atoms with Crippen molar-refractivity contribution >= 4 is 24.2 Å². The van der Waals surface area contributed by atoms with Crippen molar-refractivity contribution in [3.63, 3.8) is 0 Å². The summed E-state index contributed by atoms with van der Waals surface area (Å²) in [7, 11) is 3.31. The van der Waals surface area contributed by atoms with E-state index < -0.39 is 0 Å². The maximum absolute atomic E-state index is 11.8. The quantitative estimate of drug-likeness (QED) is 0.726. The van der Waals surface area contributed by atoms with E-state index in [1.165, 1.54) is 11.8 Å². The second kappa shape index (κ2) is 9.15. The molecule has 118 valence electrons. The van der Waals surface area contributed by atoms with Crippen LogP contribution >= 0.6 is 12.4 Å². The van der Waals surface area contributed by atoms with Gasteiger partial charge in [0.15, 0.2) is 0 Å². The first-order valence-electron chi connectivity index (χ1n) is 6.67. The van der Waals surface area contributed by atoms with Crippen LogP contribution in [0.25, 0.3) is 0 Å². The molecule has 0 atom stereocenters. The van der Waals surface area contributed by atoms with E-state index in [0.717, 1.165) is 25.9 Å². The maximum Gasteiger partial charge on any atom is 0.239 e. The highest BCUT2D eigenvalue weighted by Crippen LogP contribution is 2.28. The van der Waals surface area contributed by atoms with Crippen LogP contribution in [0.5, 0.6) is 0 Å². The zero-order valence-corrected chi connectivity index (χ0v) is 13.3. The minimum atomic E-state index is -0.119. The van der Waals surface area contributed by atoms with Crippen molar-refractivity contribution in [1.29, 1.82) is 0 Å². The third-order valence-electron chi connectivity index (χ3n) is 3.69. The van der Waals surface area contributed by atoms with E-state index in [1.54, 1.807) is 14.2 Å². The van der Waals surface area contributed by atoms with Gasteiger partial charge in [-0.2, -0.15) is 0 Å². The summed E-state index contributed by atoms with van der Waals surface area (Å²) in [6, 6.07) is 0. The molecule has 7 heteroatoms. The molecule has 0 aliphatic carbocycles. The number of nitrogens with one attached hydrogen (secondary N) is 2. The predicted octanol–water partition coefficient (Wildman–Crippen LogP) is 0.0189. The van der Waals surface area contributed by atoms with Crippen molar-refractivity contribution in [2.24, 2.45) is 5.41 Å². The minimum Gasteiger partial charge on any atom is -0.384 e. The maximum atomic E-state index is 11.8. The lowest BCUT2D eigenvalue weighted by atomic mass is 9.79. The SMILES string of the molecule is COCC1(CNC(=O)CN(C)C(C)=O)CCNCC1.Cl. The normalized spacial score (nSPS) is 16.9. The van der Waals surface area contributed by atoms with Gasteiger partial charge in [0.2, 0.25) is 11.8 Å². The van der Waals surface area contributed by atoms with Gasteiger partial charge in [0, 0.05) is 33.0 Å². The predicted molar refractivity (Wildman–Crippen MR) is 80.0 cm³/mol. The Morgan fingerprint density at radius 1 is 1.35 bits per heavy atom. The Morgan fingerprint density at radius 2 is 1.95 bits per heavy atom. The Hall–Kier alpha value is -0.850. The summed E-state index contributed by atoms with van der Waals surface area (Å²) in [5.74, 6) is -0.227. The van der Waals surface area contributed by atoms with E-state index in [0.29, 0.717) is 13.2 Å². The molecule has 2 N–H and O–H groups in total. The third kappa shape index (κ3) is 6.07. The molecule has 0 aromatic heterocycles. The number of ether oxygens (including phenoxy) is 1. The second-order valence-corrected chi connectivity index (χ2v) is 5.33. The van der Waals surface area contributed by atoms with E-state index in [4.69, 9.17) is 4.74 Å². The summed E-state index contributed by atoms with van der Waals surface area (Å²) in [5, 5.41) is 6.23. The number of amides is 2. The van der Waals surface area contributed by atoms with E-state index in [2.05, 4.69) is 10.6 Å². The van der Waals surface area contributed by atoms with Crippen LogP contribution in [0, 0.1) is 5.41 Å². The lowest BCUT2D eigenvalue weighted by Gasteiger charge is -2.37. The number of carbonyl (C=O) groups excluding carboxylic acids is 2. The standard InChI is InChI=1S/C13H25N3O3.ClH/c1-11(17)16(2)8-12(18)15-9-13(10-19-3)4-6-14-7-5-13;/h14H,4-10H2,1-3H3,(H,15,18);1H. The van der Waals surface area contributed by atoms with Gasteiger partial charge in [-0.15, -0.1) is 12.4 Å². The van der Waals surface area contributed by atoms with Crippen LogP contribution in [-0.4, -0.2) is 63.7 Å². The molecule has 0 unspecified atom stereocenters. The van der Waals surface area contributed by atoms with Crippen LogP contribution in [0.3, 0.4) is 0 Å². The molecule has 0 radical (unpaired) electrons. The Kier molecular flexibility index (Phi) is 8.76. The molecule has 1 heterocycles. The Bertz CT molecular complexity index is 314. The van der Waals surface area contributed by atoms with Crippen LogP contribution in [0.4, 0.5) is 0 Å². The van der Waals surface area contributed by atoms with Gasteiger partial charge in [0.1, 0.15) is 0 Å². The highest BCUT2D eigenvalue weighted by atomic mass is 35.5. The van der Waals surface area contributed by atoms with Crippen molar-refractivity contribution in [3.05, 3.63) is 0 Å². The van der Waals surface area contributed by atoms with Gasteiger partial charge in [-0.05, 0) is 25.9 Å². The molecule has 1 saturated heterocycles. The zero-order valence-electron chi connectivity index (χ0n) is 12.5. The molecule has 2 amide bonds. The third-order valence-corrected chi connectivity index (χ3v) is 3.69. The summed E-state index contributed by atoms with van der Waals surface area (Å²) in [4.78, 5) is 24.3. The summed E-state index contributed by atoms with van der Waals surface area (Å²) < 4.78 is 5.29. The average Bonchev–Trinajstić information content (AvgIpc) is 2.38.